The normalized spacial score (nSPS) is 10.8. The Balaban J connectivity index is 1.88. The molecule has 3 nitrogen and oxygen atoms in total. The summed E-state index contributed by atoms with van der Waals surface area (Å²) in [6.45, 7) is 2.17. The van der Waals surface area contributed by atoms with E-state index in [2.05, 4.69) is 5.32 Å². The minimum absolute atomic E-state index is 0.246. The van der Waals surface area contributed by atoms with Gasteiger partial charge < -0.3 is 15.2 Å². The lowest BCUT2D eigenvalue weighted by atomic mass is 10.2. The highest BCUT2D eigenvalue weighted by atomic mass is 35.5. The number of ether oxygens (including phenoxy) is 1. The summed E-state index contributed by atoms with van der Waals surface area (Å²) >= 11 is 6.08. The van der Waals surface area contributed by atoms with Gasteiger partial charge in [-0.05, 0) is 61.7 Å². The standard InChI is InChI=1S/C19H23ClFNO2/c20-17-6-9-19(24-14-15-4-7-18(21)8-5-15)16(12-17)13-22-10-2-1-3-11-23/h4-9,12,22-23H,1-3,10-11,13-14H2. The summed E-state index contributed by atoms with van der Waals surface area (Å²) < 4.78 is 18.8. The lowest BCUT2D eigenvalue weighted by Gasteiger charge is -2.13. The largest absolute Gasteiger partial charge is 0.489 e. The molecule has 5 heteroatoms. The zero-order chi connectivity index (χ0) is 17.2. The van der Waals surface area contributed by atoms with Crippen molar-refractivity contribution in [1.29, 1.82) is 0 Å². The fourth-order valence-corrected chi connectivity index (χ4v) is 2.53. The van der Waals surface area contributed by atoms with E-state index < -0.39 is 0 Å². The first-order chi connectivity index (χ1) is 11.7. The predicted octanol–water partition coefficient (Wildman–Crippen LogP) is 4.31. The summed E-state index contributed by atoms with van der Waals surface area (Å²) in [7, 11) is 0. The van der Waals surface area contributed by atoms with E-state index >= 15 is 0 Å². The van der Waals surface area contributed by atoms with Crippen LogP contribution in [0, 0.1) is 5.82 Å². The minimum Gasteiger partial charge on any atom is -0.489 e. The van der Waals surface area contributed by atoms with Crippen molar-refractivity contribution in [1.82, 2.24) is 5.32 Å². The maximum absolute atomic E-state index is 12.9. The van der Waals surface area contributed by atoms with Gasteiger partial charge in [0.25, 0.3) is 0 Å². The van der Waals surface area contributed by atoms with Gasteiger partial charge in [-0.1, -0.05) is 23.7 Å². The zero-order valence-corrected chi connectivity index (χ0v) is 14.4. The second-order valence-corrected chi connectivity index (χ2v) is 6.06. The van der Waals surface area contributed by atoms with Gasteiger partial charge >= 0.3 is 0 Å². The molecule has 0 unspecified atom stereocenters. The molecule has 0 saturated carbocycles. The van der Waals surface area contributed by atoms with Gasteiger partial charge in [-0.15, -0.1) is 0 Å². The van der Waals surface area contributed by atoms with E-state index in [-0.39, 0.29) is 12.4 Å². The van der Waals surface area contributed by atoms with Crippen molar-refractivity contribution in [3.63, 3.8) is 0 Å². The molecular formula is C19H23ClFNO2. The number of unbranched alkanes of at least 4 members (excludes halogenated alkanes) is 2. The first-order valence-corrected chi connectivity index (χ1v) is 8.54. The van der Waals surface area contributed by atoms with Crippen LogP contribution in [0.5, 0.6) is 5.75 Å². The van der Waals surface area contributed by atoms with Gasteiger partial charge in [0.1, 0.15) is 18.2 Å². The molecule has 2 aromatic carbocycles. The Morgan fingerprint density at radius 2 is 1.83 bits per heavy atom. The molecule has 0 amide bonds. The van der Waals surface area contributed by atoms with Crippen LogP contribution in [-0.2, 0) is 13.2 Å². The Bertz CT molecular complexity index is 619. The van der Waals surface area contributed by atoms with E-state index in [9.17, 15) is 4.39 Å². The fraction of sp³-hybridized carbons (Fsp3) is 0.368. The molecule has 24 heavy (non-hydrogen) atoms. The topological polar surface area (TPSA) is 41.5 Å². The third-order valence-electron chi connectivity index (χ3n) is 3.66. The smallest absolute Gasteiger partial charge is 0.124 e. The van der Waals surface area contributed by atoms with Crippen LogP contribution in [0.2, 0.25) is 5.02 Å². The average molecular weight is 352 g/mol. The van der Waals surface area contributed by atoms with Gasteiger partial charge in [-0.25, -0.2) is 4.39 Å². The van der Waals surface area contributed by atoms with E-state index in [0.717, 1.165) is 42.7 Å². The van der Waals surface area contributed by atoms with Crippen LogP contribution in [-0.4, -0.2) is 18.3 Å². The summed E-state index contributed by atoms with van der Waals surface area (Å²) in [5.41, 5.74) is 1.90. The number of rotatable bonds is 10. The molecule has 2 aromatic rings. The van der Waals surface area contributed by atoms with Gasteiger partial charge in [-0.2, -0.15) is 0 Å². The number of aliphatic hydroxyl groups excluding tert-OH is 1. The van der Waals surface area contributed by atoms with Gasteiger partial charge in [0, 0.05) is 23.7 Å². The molecule has 0 aliphatic carbocycles. The van der Waals surface area contributed by atoms with Gasteiger partial charge in [0.05, 0.1) is 0 Å². The third-order valence-corrected chi connectivity index (χ3v) is 3.89. The molecule has 0 aromatic heterocycles. The van der Waals surface area contributed by atoms with Gasteiger partial charge in [-0.3, -0.25) is 0 Å². The molecule has 0 aliphatic heterocycles. The van der Waals surface area contributed by atoms with Gasteiger partial charge in [0.2, 0.25) is 0 Å². The highest BCUT2D eigenvalue weighted by molar-refractivity contribution is 6.30. The van der Waals surface area contributed by atoms with Crippen molar-refractivity contribution in [3.05, 3.63) is 64.4 Å². The first kappa shape index (κ1) is 18.7. The Morgan fingerprint density at radius 1 is 1.04 bits per heavy atom. The summed E-state index contributed by atoms with van der Waals surface area (Å²) in [4.78, 5) is 0. The highest BCUT2D eigenvalue weighted by Crippen LogP contribution is 2.24. The number of nitrogens with one attached hydrogen (secondary N) is 1. The molecular weight excluding hydrogens is 329 g/mol. The minimum atomic E-state index is -0.253. The van der Waals surface area contributed by atoms with Crippen LogP contribution in [0.1, 0.15) is 30.4 Å². The highest BCUT2D eigenvalue weighted by Gasteiger charge is 2.06. The van der Waals surface area contributed by atoms with Crippen molar-refractivity contribution < 1.29 is 14.2 Å². The van der Waals surface area contributed by atoms with Crippen molar-refractivity contribution >= 4 is 11.6 Å². The SMILES string of the molecule is OCCCCCNCc1cc(Cl)ccc1OCc1ccc(F)cc1. The average Bonchev–Trinajstić information content (AvgIpc) is 2.58. The molecule has 0 bridgehead atoms. The number of hydrogen-bond acceptors (Lipinski definition) is 3. The van der Waals surface area contributed by atoms with Crippen LogP contribution in [0.25, 0.3) is 0 Å². The summed E-state index contributed by atoms with van der Waals surface area (Å²) in [6, 6.07) is 11.8. The zero-order valence-electron chi connectivity index (χ0n) is 13.6. The second-order valence-electron chi connectivity index (χ2n) is 5.63. The Hall–Kier alpha value is -1.62. The van der Waals surface area contributed by atoms with E-state index in [1.165, 1.54) is 12.1 Å². The Morgan fingerprint density at radius 3 is 2.58 bits per heavy atom. The molecule has 0 saturated heterocycles. The third kappa shape index (κ3) is 6.48. The molecule has 0 spiro atoms. The van der Waals surface area contributed by atoms with Crippen LogP contribution in [0.3, 0.4) is 0 Å². The van der Waals surface area contributed by atoms with E-state index in [1.807, 2.05) is 12.1 Å². The fourth-order valence-electron chi connectivity index (χ4n) is 2.33. The summed E-state index contributed by atoms with van der Waals surface area (Å²) in [6.07, 6.45) is 2.87. The van der Waals surface area contributed by atoms with Crippen LogP contribution >= 0.6 is 11.6 Å². The summed E-state index contributed by atoms with van der Waals surface area (Å²) in [5, 5.41) is 12.8. The molecule has 0 fully saturated rings. The molecule has 0 aliphatic rings. The van der Waals surface area contributed by atoms with Crippen molar-refractivity contribution in [3.8, 4) is 5.75 Å². The van der Waals surface area contributed by atoms with Crippen molar-refractivity contribution in [2.24, 2.45) is 0 Å². The monoisotopic (exact) mass is 351 g/mol. The quantitative estimate of drug-likeness (QED) is 0.627. The summed E-state index contributed by atoms with van der Waals surface area (Å²) in [5.74, 6) is 0.517. The number of hydrogen-bond donors (Lipinski definition) is 2. The Labute approximate surface area is 147 Å². The Kier molecular flexibility index (Phi) is 8.02. The molecule has 2 rings (SSSR count). The van der Waals surface area contributed by atoms with E-state index in [4.69, 9.17) is 21.4 Å². The molecule has 0 radical (unpaired) electrons. The predicted molar refractivity (Wildman–Crippen MR) is 94.8 cm³/mol. The van der Waals surface area contributed by atoms with Crippen molar-refractivity contribution in [2.45, 2.75) is 32.4 Å². The maximum atomic E-state index is 12.9. The lowest BCUT2D eigenvalue weighted by Crippen LogP contribution is -2.15. The first-order valence-electron chi connectivity index (χ1n) is 8.16. The van der Waals surface area contributed by atoms with E-state index in [0.29, 0.717) is 18.2 Å². The van der Waals surface area contributed by atoms with Gasteiger partial charge in [0.15, 0.2) is 0 Å². The number of halogens is 2. The number of aliphatic hydroxyl groups is 1. The molecule has 0 heterocycles. The van der Waals surface area contributed by atoms with Crippen LogP contribution in [0.15, 0.2) is 42.5 Å². The maximum Gasteiger partial charge on any atom is 0.124 e. The number of benzene rings is 2. The molecule has 130 valence electrons. The molecule has 0 atom stereocenters. The van der Waals surface area contributed by atoms with Crippen LogP contribution in [0.4, 0.5) is 4.39 Å². The lowest BCUT2D eigenvalue weighted by molar-refractivity contribution is 0.282. The second kappa shape index (κ2) is 10.3. The van der Waals surface area contributed by atoms with E-state index in [1.54, 1.807) is 18.2 Å². The van der Waals surface area contributed by atoms with Crippen molar-refractivity contribution in [2.75, 3.05) is 13.2 Å². The molecule has 2 N–H and O–H groups in total. The van der Waals surface area contributed by atoms with Crippen LogP contribution < -0.4 is 10.1 Å².